The molecule has 31 heavy (non-hydrogen) atoms. The number of benzene rings is 1. The van der Waals surface area contributed by atoms with E-state index in [4.69, 9.17) is 17.3 Å². The van der Waals surface area contributed by atoms with Gasteiger partial charge in [0.25, 0.3) is 5.91 Å². The van der Waals surface area contributed by atoms with Crippen LogP contribution >= 0.6 is 11.6 Å². The maximum atomic E-state index is 13.1. The Hall–Kier alpha value is -3.30. The Morgan fingerprint density at radius 3 is 2.55 bits per heavy atom. The molecule has 2 aromatic heterocycles. The van der Waals surface area contributed by atoms with Crippen LogP contribution in [0.25, 0.3) is 11.1 Å². The van der Waals surface area contributed by atoms with Crippen LogP contribution in [-0.4, -0.2) is 51.5 Å². The molecule has 0 unspecified atom stereocenters. The Kier molecular flexibility index (Phi) is 5.71. The van der Waals surface area contributed by atoms with E-state index in [2.05, 4.69) is 20.3 Å². The molecule has 0 aliphatic carbocycles. The van der Waals surface area contributed by atoms with E-state index in [1.54, 1.807) is 24.3 Å². The van der Waals surface area contributed by atoms with Gasteiger partial charge in [0.05, 0.1) is 30.4 Å². The second-order valence-corrected chi connectivity index (χ2v) is 7.80. The molecule has 0 bridgehead atoms. The predicted molar refractivity (Wildman–Crippen MR) is 116 cm³/mol. The zero-order chi connectivity index (χ0) is 22.0. The molecule has 1 aromatic carbocycles. The number of nitrogens with one attached hydrogen (secondary N) is 1. The van der Waals surface area contributed by atoms with Gasteiger partial charge in [-0.2, -0.15) is 4.39 Å². The second-order valence-electron chi connectivity index (χ2n) is 7.53. The number of carbonyl (C=O) groups excluding carboxylic acids is 1. The first kappa shape index (κ1) is 21.0. The number of aliphatic hydroxyl groups excluding tert-OH is 1. The first-order valence-corrected chi connectivity index (χ1v) is 10.0. The summed E-state index contributed by atoms with van der Waals surface area (Å²) in [5, 5.41) is 12.2. The monoisotopic (exact) mass is 442 g/mol. The second kappa shape index (κ2) is 8.44. The maximum absolute atomic E-state index is 13.1. The van der Waals surface area contributed by atoms with E-state index in [1.165, 1.54) is 24.7 Å². The molecule has 1 fully saturated rings. The lowest BCUT2D eigenvalue weighted by atomic mass is 9.83. The van der Waals surface area contributed by atoms with Gasteiger partial charge in [-0.1, -0.05) is 6.07 Å². The topological polar surface area (TPSA) is 117 Å². The van der Waals surface area contributed by atoms with Crippen LogP contribution in [0.5, 0.6) is 0 Å². The number of anilines is 3. The standard InChI is InChI=1S/C21H20ClFN6O2/c22-9-21(12-30)10-29(11-21)19-8-25-17(7-27-19)20(31)28-16-5-13(1-3-15(16)24)14-2-4-18(23)26-6-14/h1-8,30H,9-12,24H2,(H,28,31). The summed E-state index contributed by atoms with van der Waals surface area (Å²) in [6.45, 7) is 1.17. The van der Waals surface area contributed by atoms with Gasteiger partial charge in [0.15, 0.2) is 0 Å². The minimum absolute atomic E-state index is 0.00931. The number of carbonyl (C=O) groups is 1. The average molecular weight is 443 g/mol. The minimum atomic E-state index is -0.572. The van der Waals surface area contributed by atoms with Crippen molar-refractivity contribution in [3.8, 4) is 11.1 Å². The van der Waals surface area contributed by atoms with Crippen molar-refractivity contribution in [2.45, 2.75) is 0 Å². The molecule has 3 heterocycles. The fraction of sp³-hybridized carbons (Fsp3) is 0.238. The molecule has 1 amide bonds. The molecule has 1 saturated heterocycles. The van der Waals surface area contributed by atoms with E-state index in [9.17, 15) is 14.3 Å². The van der Waals surface area contributed by atoms with Crippen molar-refractivity contribution in [2.75, 3.05) is 41.5 Å². The third-order valence-electron chi connectivity index (χ3n) is 5.23. The lowest BCUT2D eigenvalue weighted by Gasteiger charge is -2.48. The molecule has 0 saturated carbocycles. The summed E-state index contributed by atoms with van der Waals surface area (Å²) in [4.78, 5) is 26.7. The molecule has 0 spiro atoms. The van der Waals surface area contributed by atoms with Gasteiger partial charge in [-0.05, 0) is 29.8 Å². The molecule has 4 rings (SSSR count). The SMILES string of the molecule is Nc1ccc(-c2ccc(F)nc2)cc1NC(=O)c1cnc(N2CC(CO)(CCl)C2)cn1. The molecular formula is C21H20ClFN6O2. The van der Waals surface area contributed by atoms with Crippen molar-refractivity contribution in [1.82, 2.24) is 15.0 Å². The molecule has 1 aliphatic rings. The van der Waals surface area contributed by atoms with Gasteiger partial charge in [-0.15, -0.1) is 11.6 Å². The first-order chi connectivity index (χ1) is 14.9. The van der Waals surface area contributed by atoms with Crippen molar-refractivity contribution in [3.63, 3.8) is 0 Å². The Bertz CT molecular complexity index is 1080. The number of hydrogen-bond acceptors (Lipinski definition) is 7. The highest BCUT2D eigenvalue weighted by molar-refractivity contribution is 6.18. The van der Waals surface area contributed by atoms with Crippen LogP contribution in [-0.2, 0) is 0 Å². The quantitative estimate of drug-likeness (QED) is 0.305. The molecule has 10 heteroatoms. The van der Waals surface area contributed by atoms with Gasteiger partial charge < -0.3 is 21.1 Å². The highest BCUT2D eigenvalue weighted by atomic mass is 35.5. The van der Waals surface area contributed by atoms with Crippen molar-refractivity contribution < 1.29 is 14.3 Å². The third-order valence-corrected chi connectivity index (χ3v) is 5.80. The highest BCUT2D eigenvalue weighted by Gasteiger charge is 2.42. The lowest BCUT2D eigenvalue weighted by Crippen LogP contribution is -2.60. The Balaban J connectivity index is 1.46. The molecule has 0 radical (unpaired) electrons. The number of amides is 1. The van der Waals surface area contributed by atoms with Gasteiger partial charge >= 0.3 is 0 Å². The number of nitrogen functional groups attached to an aromatic ring is 1. The lowest BCUT2D eigenvalue weighted by molar-refractivity contribution is 0.102. The molecule has 160 valence electrons. The van der Waals surface area contributed by atoms with Crippen molar-refractivity contribution in [2.24, 2.45) is 5.41 Å². The fourth-order valence-electron chi connectivity index (χ4n) is 3.33. The summed E-state index contributed by atoms with van der Waals surface area (Å²) >= 11 is 5.92. The highest BCUT2D eigenvalue weighted by Crippen LogP contribution is 2.34. The summed E-state index contributed by atoms with van der Waals surface area (Å²) in [5.41, 5.74) is 7.99. The molecule has 8 nitrogen and oxygen atoms in total. The van der Waals surface area contributed by atoms with E-state index in [-0.39, 0.29) is 17.7 Å². The van der Waals surface area contributed by atoms with E-state index in [1.807, 2.05) is 4.90 Å². The fourth-order valence-corrected chi connectivity index (χ4v) is 3.58. The van der Waals surface area contributed by atoms with Crippen LogP contribution in [0.3, 0.4) is 0 Å². The van der Waals surface area contributed by atoms with Crippen LogP contribution in [0, 0.1) is 11.4 Å². The van der Waals surface area contributed by atoms with Gasteiger partial charge in [0.1, 0.15) is 11.5 Å². The van der Waals surface area contributed by atoms with E-state index >= 15 is 0 Å². The summed E-state index contributed by atoms with van der Waals surface area (Å²) in [7, 11) is 0. The van der Waals surface area contributed by atoms with Crippen molar-refractivity contribution >= 4 is 34.7 Å². The number of alkyl halides is 1. The summed E-state index contributed by atoms with van der Waals surface area (Å²) in [6.07, 6.45) is 4.30. The summed E-state index contributed by atoms with van der Waals surface area (Å²) < 4.78 is 13.1. The van der Waals surface area contributed by atoms with E-state index in [0.29, 0.717) is 41.7 Å². The smallest absolute Gasteiger partial charge is 0.275 e. The molecule has 0 atom stereocenters. The summed E-state index contributed by atoms with van der Waals surface area (Å²) in [5.74, 6) is -0.0643. The van der Waals surface area contributed by atoms with Crippen LogP contribution < -0.4 is 16.0 Å². The number of nitrogens with zero attached hydrogens (tertiary/aromatic N) is 4. The first-order valence-electron chi connectivity index (χ1n) is 9.50. The zero-order valence-electron chi connectivity index (χ0n) is 16.4. The zero-order valence-corrected chi connectivity index (χ0v) is 17.2. The average Bonchev–Trinajstić information content (AvgIpc) is 2.76. The number of rotatable bonds is 6. The van der Waals surface area contributed by atoms with Crippen molar-refractivity contribution in [3.05, 3.63) is 60.6 Å². The van der Waals surface area contributed by atoms with Gasteiger partial charge in [0, 0.05) is 36.1 Å². The predicted octanol–water partition coefficient (Wildman–Crippen LogP) is 2.55. The Labute approximate surface area is 182 Å². The van der Waals surface area contributed by atoms with Crippen LogP contribution in [0.15, 0.2) is 48.9 Å². The maximum Gasteiger partial charge on any atom is 0.275 e. The van der Waals surface area contributed by atoms with Crippen molar-refractivity contribution in [1.29, 1.82) is 0 Å². The normalized spacial score (nSPS) is 14.7. The third kappa shape index (κ3) is 4.28. The number of halogens is 2. The number of pyridine rings is 1. The van der Waals surface area contributed by atoms with Crippen LogP contribution in [0.2, 0.25) is 0 Å². The van der Waals surface area contributed by atoms with E-state index < -0.39 is 11.9 Å². The van der Waals surface area contributed by atoms with Gasteiger partial charge in [-0.25, -0.2) is 15.0 Å². The molecule has 4 N–H and O–H groups in total. The number of aliphatic hydroxyl groups is 1. The van der Waals surface area contributed by atoms with Crippen LogP contribution in [0.1, 0.15) is 10.5 Å². The molecular weight excluding hydrogens is 423 g/mol. The molecule has 1 aliphatic heterocycles. The number of aromatic nitrogens is 3. The molecule has 3 aromatic rings. The number of hydrogen-bond donors (Lipinski definition) is 3. The summed E-state index contributed by atoms with van der Waals surface area (Å²) in [6, 6.07) is 7.95. The van der Waals surface area contributed by atoms with Gasteiger partial charge in [-0.3, -0.25) is 4.79 Å². The van der Waals surface area contributed by atoms with E-state index in [0.717, 1.165) is 5.56 Å². The minimum Gasteiger partial charge on any atom is -0.397 e. The Morgan fingerprint density at radius 1 is 1.16 bits per heavy atom. The van der Waals surface area contributed by atoms with Gasteiger partial charge in [0.2, 0.25) is 5.95 Å². The van der Waals surface area contributed by atoms with Crippen LogP contribution in [0.4, 0.5) is 21.6 Å². The number of nitrogens with two attached hydrogens (primary N) is 1. The largest absolute Gasteiger partial charge is 0.397 e. The Morgan fingerprint density at radius 2 is 1.94 bits per heavy atom.